The second-order valence-electron chi connectivity index (χ2n) is 4.38. The molecule has 106 valence electrons. The summed E-state index contributed by atoms with van der Waals surface area (Å²) in [5.74, 6) is 0. The van der Waals surface area contributed by atoms with Gasteiger partial charge in [-0.05, 0) is 23.8 Å². The summed E-state index contributed by atoms with van der Waals surface area (Å²) in [7, 11) is -0.462. The molecular formula is C13H16N4O2S. The number of hydrogen-bond donors (Lipinski definition) is 1. The van der Waals surface area contributed by atoms with Gasteiger partial charge in [0, 0.05) is 33.0 Å². The molecule has 0 radical (unpaired) electrons. The molecule has 0 aliphatic rings. The van der Waals surface area contributed by atoms with E-state index >= 15 is 0 Å². The largest absolute Gasteiger partial charge is 0.279 e. The van der Waals surface area contributed by atoms with Gasteiger partial charge < -0.3 is 0 Å². The fourth-order valence-corrected chi connectivity index (χ4v) is 2.11. The van der Waals surface area contributed by atoms with Crippen molar-refractivity contribution in [1.82, 2.24) is 19.0 Å². The van der Waals surface area contributed by atoms with Crippen LogP contribution < -0.4 is 4.72 Å². The Morgan fingerprint density at radius 3 is 2.40 bits per heavy atom. The topological polar surface area (TPSA) is 75.2 Å². The van der Waals surface area contributed by atoms with E-state index in [1.807, 2.05) is 30.3 Å². The van der Waals surface area contributed by atoms with Crippen LogP contribution in [-0.2, 0) is 16.8 Å². The molecule has 0 atom stereocenters. The number of aromatic nitrogens is 2. The average molecular weight is 292 g/mol. The Morgan fingerprint density at radius 1 is 1.10 bits per heavy atom. The van der Waals surface area contributed by atoms with E-state index in [0.29, 0.717) is 0 Å². The predicted molar refractivity (Wildman–Crippen MR) is 76.9 cm³/mol. The lowest BCUT2D eigenvalue weighted by atomic mass is 10.2. The quantitative estimate of drug-likeness (QED) is 0.893. The first-order valence-corrected chi connectivity index (χ1v) is 7.46. The molecule has 0 saturated heterocycles. The molecule has 0 aliphatic heterocycles. The Kier molecular flexibility index (Phi) is 4.43. The van der Waals surface area contributed by atoms with Gasteiger partial charge in [0.15, 0.2) is 0 Å². The normalized spacial score (nSPS) is 11.8. The summed E-state index contributed by atoms with van der Waals surface area (Å²) in [5.41, 5.74) is 2.33. The zero-order valence-corrected chi connectivity index (χ0v) is 12.1. The Hall–Kier alpha value is -1.83. The first kappa shape index (κ1) is 14.6. The molecule has 20 heavy (non-hydrogen) atoms. The van der Waals surface area contributed by atoms with E-state index in [-0.39, 0.29) is 6.54 Å². The maximum absolute atomic E-state index is 11.6. The summed E-state index contributed by atoms with van der Waals surface area (Å²) in [6.45, 7) is 0.204. The van der Waals surface area contributed by atoms with Crippen LogP contribution in [0, 0.1) is 0 Å². The van der Waals surface area contributed by atoms with Crippen molar-refractivity contribution < 1.29 is 8.42 Å². The zero-order chi connectivity index (χ0) is 14.6. The van der Waals surface area contributed by atoms with Crippen molar-refractivity contribution in [2.24, 2.45) is 0 Å². The van der Waals surface area contributed by atoms with Crippen molar-refractivity contribution in [3.8, 4) is 11.4 Å². The SMILES string of the molecule is CN(C)S(=O)(=O)NCc1ccc(-c2ccccn2)nc1. The molecule has 6 nitrogen and oxygen atoms in total. The second kappa shape index (κ2) is 6.08. The summed E-state index contributed by atoms with van der Waals surface area (Å²) in [5, 5.41) is 0. The van der Waals surface area contributed by atoms with E-state index in [1.54, 1.807) is 12.4 Å². The monoisotopic (exact) mass is 292 g/mol. The van der Waals surface area contributed by atoms with E-state index in [4.69, 9.17) is 0 Å². The minimum atomic E-state index is -3.42. The molecule has 2 heterocycles. The molecule has 0 aromatic carbocycles. The minimum absolute atomic E-state index is 0.204. The van der Waals surface area contributed by atoms with Crippen molar-refractivity contribution in [2.75, 3.05) is 14.1 Å². The zero-order valence-electron chi connectivity index (χ0n) is 11.3. The third-order valence-electron chi connectivity index (χ3n) is 2.69. The predicted octanol–water partition coefficient (Wildman–Crippen LogP) is 1.04. The van der Waals surface area contributed by atoms with Crippen LogP contribution in [0.25, 0.3) is 11.4 Å². The van der Waals surface area contributed by atoms with E-state index in [0.717, 1.165) is 21.3 Å². The van der Waals surface area contributed by atoms with Crippen molar-refractivity contribution in [2.45, 2.75) is 6.54 Å². The summed E-state index contributed by atoms with van der Waals surface area (Å²) >= 11 is 0. The highest BCUT2D eigenvalue weighted by molar-refractivity contribution is 7.87. The third-order valence-corrected chi connectivity index (χ3v) is 4.16. The standard InChI is InChI=1S/C13H16N4O2S/c1-17(2)20(18,19)16-10-11-6-7-13(15-9-11)12-5-3-4-8-14-12/h3-9,16H,10H2,1-2H3. The van der Waals surface area contributed by atoms with E-state index in [2.05, 4.69) is 14.7 Å². The number of nitrogens with zero attached hydrogens (tertiary/aromatic N) is 3. The lowest BCUT2D eigenvalue weighted by molar-refractivity contribution is 0.505. The van der Waals surface area contributed by atoms with Crippen molar-refractivity contribution in [1.29, 1.82) is 0 Å². The molecule has 0 amide bonds. The Bertz CT molecular complexity index is 655. The van der Waals surface area contributed by atoms with E-state index in [1.165, 1.54) is 14.1 Å². The second-order valence-corrected chi connectivity index (χ2v) is 6.34. The number of nitrogens with one attached hydrogen (secondary N) is 1. The molecule has 0 spiro atoms. The molecule has 0 unspecified atom stereocenters. The Morgan fingerprint density at radius 2 is 1.85 bits per heavy atom. The van der Waals surface area contributed by atoms with Gasteiger partial charge in [0.05, 0.1) is 11.4 Å². The van der Waals surface area contributed by atoms with Crippen LogP contribution >= 0.6 is 0 Å². The van der Waals surface area contributed by atoms with Crippen LogP contribution in [0.5, 0.6) is 0 Å². The number of hydrogen-bond acceptors (Lipinski definition) is 4. The Labute approximate surface area is 118 Å². The fourth-order valence-electron chi connectivity index (χ4n) is 1.50. The third kappa shape index (κ3) is 3.60. The van der Waals surface area contributed by atoms with Gasteiger partial charge in [-0.3, -0.25) is 9.97 Å². The van der Waals surface area contributed by atoms with Gasteiger partial charge >= 0.3 is 0 Å². The minimum Gasteiger partial charge on any atom is -0.255 e. The van der Waals surface area contributed by atoms with Crippen LogP contribution in [0.15, 0.2) is 42.7 Å². The van der Waals surface area contributed by atoms with Crippen LogP contribution in [0.3, 0.4) is 0 Å². The van der Waals surface area contributed by atoms with Crippen molar-refractivity contribution >= 4 is 10.2 Å². The van der Waals surface area contributed by atoms with Crippen molar-refractivity contribution in [3.05, 3.63) is 48.3 Å². The molecule has 2 rings (SSSR count). The summed E-state index contributed by atoms with van der Waals surface area (Å²) < 4.78 is 26.8. The molecule has 0 bridgehead atoms. The first-order valence-electron chi connectivity index (χ1n) is 6.02. The number of rotatable bonds is 5. The summed E-state index contributed by atoms with van der Waals surface area (Å²) in [4.78, 5) is 8.49. The Balaban J connectivity index is 2.06. The van der Waals surface area contributed by atoms with Gasteiger partial charge in [0.1, 0.15) is 0 Å². The highest BCUT2D eigenvalue weighted by atomic mass is 32.2. The molecule has 0 saturated carbocycles. The van der Waals surface area contributed by atoms with Crippen LogP contribution in [0.2, 0.25) is 0 Å². The fraction of sp³-hybridized carbons (Fsp3) is 0.231. The molecule has 2 aromatic rings. The molecular weight excluding hydrogens is 276 g/mol. The molecule has 1 N–H and O–H groups in total. The lowest BCUT2D eigenvalue weighted by Gasteiger charge is -2.12. The molecule has 0 aliphatic carbocycles. The van der Waals surface area contributed by atoms with Crippen molar-refractivity contribution in [3.63, 3.8) is 0 Å². The lowest BCUT2D eigenvalue weighted by Crippen LogP contribution is -2.35. The van der Waals surface area contributed by atoms with E-state index < -0.39 is 10.2 Å². The van der Waals surface area contributed by atoms with Gasteiger partial charge in [-0.2, -0.15) is 17.4 Å². The summed E-state index contributed by atoms with van der Waals surface area (Å²) in [6, 6.07) is 9.25. The highest BCUT2D eigenvalue weighted by Crippen LogP contribution is 2.13. The van der Waals surface area contributed by atoms with Gasteiger partial charge in [0.25, 0.3) is 10.2 Å². The number of pyridine rings is 2. The first-order chi connectivity index (χ1) is 9.49. The summed E-state index contributed by atoms with van der Waals surface area (Å²) in [6.07, 6.45) is 3.35. The van der Waals surface area contributed by atoms with E-state index in [9.17, 15) is 8.42 Å². The molecule has 2 aromatic heterocycles. The van der Waals surface area contributed by atoms with Crippen LogP contribution in [0.1, 0.15) is 5.56 Å². The smallest absolute Gasteiger partial charge is 0.255 e. The van der Waals surface area contributed by atoms with Gasteiger partial charge in [-0.1, -0.05) is 12.1 Å². The van der Waals surface area contributed by atoms with Crippen LogP contribution in [0.4, 0.5) is 0 Å². The highest BCUT2D eigenvalue weighted by Gasteiger charge is 2.12. The van der Waals surface area contributed by atoms with Gasteiger partial charge in [0.2, 0.25) is 0 Å². The molecule has 0 fully saturated rings. The average Bonchev–Trinajstić information content (AvgIpc) is 2.46. The van der Waals surface area contributed by atoms with Gasteiger partial charge in [-0.25, -0.2) is 0 Å². The van der Waals surface area contributed by atoms with Gasteiger partial charge in [-0.15, -0.1) is 0 Å². The molecule has 7 heteroatoms. The maximum Gasteiger partial charge on any atom is 0.279 e. The maximum atomic E-state index is 11.6. The van der Waals surface area contributed by atoms with Crippen LogP contribution in [-0.4, -0.2) is 36.8 Å².